The fourth-order valence-electron chi connectivity index (χ4n) is 2.26. The number of hydrogen-bond acceptors (Lipinski definition) is 7. The van der Waals surface area contributed by atoms with Crippen molar-refractivity contribution in [1.82, 2.24) is 5.32 Å². The van der Waals surface area contributed by atoms with E-state index in [4.69, 9.17) is 14.2 Å². The van der Waals surface area contributed by atoms with E-state index < -0.39 is 28.3 Å². The average molecular weight is 421 g/mol. The number of carbonyl (C=O) groups excluding carboxylic acids is 2. The van der Waals surface area contributed by atoms with Gasteiger partial charge in [0.05, 0.1) is 23.6 Å². The van der Waals surface area contributed by atoms with Crippen molar-refractivity contribution in [2.75, 3.05) is 32.6 Å². The average Bonchev–Trinajstić information content (AvgIpc) is 2.70. The Balaban J connectivity index is 1.68. The molecule has 1 N–H and O–H groups in total. The van der Waals surface area contributed by atoms with Gasteiger partial charge in [0.2, 0.25) is 0 Å². The molecule has 0 fully saturated rings. The highest BCUT2D eigenvalue weighted by Crippen LogP contribution is 2.17. The van der Waals surface area contributed by atoms with Gasteiger partial charge in [-0.25, -0.2) is 13.2 Å². The maximum atomic E-state index is 11.9. The monoisotopic (exact) mass is 421 g/mol. The number of amides is 1. The number of sulfone groups is 1. The fourth-order valence-corrected chi connectivity index (χ4v) is 2.89. The third-order valence-electron chi connectivity index (χ3n) is 3.68. The van der Waals surface area contributed by atoms with Crippen LogP contribution in [0.5, 0.6) is 11.5 Å². The molecular weight excluding hydrogens is 398 g/mol. The lowest BCUT2D eigenvalue weighted by atomic mass is 10.2. The third-order valence-corrected chi connectivity index (χ3v) is 4.81. The zero-order valence-corrected chi connectivity index (χ0v) is 17.0. The van der Waals surface area contributed by atoms with Crippen molar-refractivity contribution in [2.45, 2.75) is 11.8 Å². The van der Waals surface area contributed by atoms with E-state index in [1.807, 2.05) is 6.92 Å². The van der Waals surface area contributed by atoms with Gasteiger partial charge >= 0.3 is 5.97 Å². The van der Waals surface area contributed by atoms with Crippen LogP contribution in [0.4, 0.5) is 0 Å². The number of rotatable bonds is 10. The minimum Gasteiger partial charge on any atom is -0.494 e. The molecule has 0 saturated heterocycles. The molecule has 0 aliphatic heterocycles. The topological polar surface area (TPSA) is 108 Å². The molecule has 0 atom stereocenters. The van der Waals surface area contributed by atoms with Crippen LogP contribution in [0.3, 0.4) is 0 Å². The van der Waals surface area contributed by atoms with Crippen molar-refractivity contribution < 1.29 is 32.2 Å². The predicted octanol–water partition coefficient (Wildman–Crippen LogP) is 1.84. The van der Waals surface area contributed by atoms with Crippen molar-refractivity contribution in [3.63, 3.8) is 0 Å². The number of esters is 1. The van der Waals surface area contributed by atoms with E-state index in [0.29, 0.717) is 12.4 Å². The van der Waals surface area contributed by atoms with Crippen LogP contribution < -0.4 is 14.8 Å². The number of carbonyl (C=O) groups is 2. The van der Waals surface area contributed by atoms with E-state index in [9.17, 15) is 18.0 Å². The Morgan fingerprint density at radius 3 is 2.07 bits per heavy atom. The highest BCUT2D eigenvalue weighted by atomic mass is 32.2. The summed E-state index contributed by atoms with van der Waals surface area (Å²) < 4.78 is 38.5. The largest absolute Gasteiger partial charge is 0.494 e. The van der Waals surface area contributed by atoms with Crippen LogP contribution in [0.2, 0.25) is 0 Å². The number of hydrogen-bond donors (Lipinski definition) is 1. The molecule has 2 aromatic rings. The molecule has 0 spiro atoms. The van der Waals surface area contributed by atoms with Gasteiger partial charge in [-0.05, 0) is 55.5 Å². The van der Waals surface area contributed by atoms with Crippen LogP contribution >= 0.6 is 0 Å². The summed E-state index contributed by atoms with van der Waals surface area (Å²) in [7, 11) is -3.34. The van der Waals surface area contributed by atoms with Crippen LogP contribution in [0.1, 0.15) is 17.3 Å². The van der Waals surface area contributed by atoms with Crippen molar-refractivity contribution in [3.8, 4) is 11.5 Å². The van der Waals surface area contributed by atoms with Gasteiger partial charge in [-0.1, -0.05) is 0 Å². The lowest BCUT2D eigenvalue weighted by Gasteiger charge is -2.09. The molecular formula is C20H23NO7S. The third kappa shape index (κ3) is 7.46. The molecule has 0 unspecified atom stereocenters. The molecule has 2 rings (SSSR count). The van der Waals surface area contributed by atoms with E-state index in [1.165, 1.54) is 24.3 Å². The summed E-state index contributed by atoms with van der Waals surface area (Å²) in [5.41, 5.74) is 0.157. The Bertz CT molecular complexity index is 922. The second-order valence-corrected chi connectivity index (χ2v) is 7.99. The maximum Gasteiger partial charge on any atom is 0.338 e. The van der Waals surface area contributed by atoms with Crippen molar-refractivity contribution in [1.29, 1.82) is 0 Å². The maximum absolute atomic E-state index is 11.9. The summed E-state index contributed by atoms with van der Waals surface area (Å²) in [6.45, 7) is 2.53. The van der Waals surface area contributed by atoms with Gasteiger partial charge in [-0.15, -0.1) is 0 Å². The Morgan fingerprint density at radius 1 is 0.931 bits per heavy atom. The summed E-state index contributed by atoms with van der Waals surface area (Å²) in [5.74, 6) is 0.208. The summed E-state index contributed by atoms with van der Waals surface area (Å²) in [6, 6.07) is 12.4. The van der Waals surface area contributed by atoms with E-state index in [1.54, 1.807) is 24.3 Å². The van der Waals surface area contributed by atoms with Gasteiger partial charge in [0.1, 0.15) is 18.1 Å². The molecule has 8 nitrogen and oxygen atoms in total. The quantitative estimate of drug-likeness (QED) is 0.461. The Labute approximate surface area is 169 Å². The molecule has 0 saturated carbocycles. The normalized spacial score (nSPS) is 10.8. The minimum atomic E-state index is -3.34. The number of nitrogens with one attached hydrogen (secondary N) is 1. The first kappa shape index (κ1) is 22.2. The molecule has 0 aromatic heterocycles. The zero-order chi connectivity index (χ0) is 21.3. The standard InChI is InChI=1S/C20H23NO7S/c1-3-26-16-6-8-17(9-7-16)27-13-12-21-19(22)14-28-20(23)15-4-10-18(11-5-15)29(2,24)25/h4-11H,3,12-14H2,1-2H3,(H,21,22). The molecule has 2 aromatic carbocycles. The Kier molecular flexibility index (Phi) is 8.02. The summed E-state index contributed by atoms with van der Waals surface area (Å²) in [6.07, 6.45) is 1.07. The second kappa shape index (κ2) is 10.5. The molecule has 0 aliphatic carbocycles. The van der Waals surface area contributed by atoms with Crippen LogP contribution in [-0.4, -0.2) is 52.9 Å². The SMILES string of the molecule is CCOc1ccc(OCCNC(=O)COC(=O)c2ccc(S(C)(=O)=O)cc2)cc1. The van der Waals surface area contributed by atoms with Crippen LogP contribution in [0.15, 0.2) is 53.4 Å². The van der Waals surface area contributed by atoms with E-state index in [0.717, 1.165) is 12.0 Å². The molecule has 0 bridgehead atoms. The van der Waals surface area contributed by atoms with Crippen molar-refractivity contribution in [3.05, 3.63) is 54.1 Å². The van der Waals surface area contributed by atoms with E-state index in [2.05, 4.69) is 5.32 Å². The van der Waals surface area contributed by atoms with Crippen molar-refractivity contribution in [2.24, 2.45) is 0 Å². The number of benzene rings is 2. The molecule has 0 radical (unpaired) electrons. The molecule has 156 valence electrons. The fraction of sp³-hybridized carbons (Fsp3) is 0.300. The van der Waals surface area contributed by atoms with Gasteiger partial charge in [-0.2, -0.15) is 0 Å². The molecule has 9 heteroatoms. The van der Waals surface area contributed by atoms with E-state index in [-0.39, 0.29) is 23.6 Å². The van der Waals surface area contributed by atoms with E-state index >= 15 is 0 Å². The second-order valence-electron chi connectivity index (χ2n) is 5.98. The number of ether oxygens (including phenoxy) is 3. The molecule has 29 heavy (non-hydrogen) atoms. The predicted molar refractivity (Wildman–Crippen MR) is 106 cm³/mol. The lowest BCUT2D eigenvalue weighted by molar-refractivity contribution is -0.124. The van der Waals surface area contributed by atoms with Gasteiger partial charge < -0.3 is 19.5 Å². The highest BCUT2D eigenvalue weighted by Gasteiger charge is 2.12. The smallest absolute Gasteiger partial charge is 0.338 e. The van der Waals surface area contributed by atoms with Gasteiger partial charge in [0, 0.05) is 6.26 Å². The minimum absolute atomic E-state index is 0.0966. The summed E-state index contributed by atoms with van der Waals surface area (Å²) in [5, 5.41) is 2.58. The highest BCUT2D eigenvalue weighted by molar-refractivity contribution is 7.90. The summed E-state index contributed by atoms with van der Waals surface area (Å²) >= 11 is 0. The molecule has 0 aliphatic rings. The van der Waals surface area contributed by atoms with Gasteiger partial charge in [0.25, 0.3) is 5.91 Å². The first-order valence-corrected chi connectivity index (χ1v) is 10.8. The Morgan fingerprint density at radius 2 is 1.52 bits per heavy atom. The summed E-state index contributed by atoms with van der Waals surface area (Å²) in [4.78, 5) is 23.8. The first-order valence-electron chi connectivity index (χ1n) is 8.89. The van der Waals surface area contributed by atoms with Gasteiger partial charge in [0.15, 0.2) is 16.4 Å². The molecule has 0 heterocycles. The first-order chi connectivity index (χ1) is 13.8. The lowest BCUT2D eigenvalue weighted by Crippen LogP contribution is -2.32. The Hall–Kier alpha value is -3.07. The van der Waals surface area contributed by atoms with Crippen molar-refractivity contribution >= 4 is 21.7 Å². The van der Waals surface area contributed by atoms with Crippen LogP contribution in [0.25, 0.3) is 0 Å². The van der Waals surface area contributed by atoms with Crippen LogP contribution in [0, 0.1) is 0 Å². The molecule has 1 amide bonds. The van der Waals surface area contributed by atoms with Gasteiger partial charge in [-0.3, -0.25) is 4.79 Å². The zero-order valence-electron chi connectivity index (χ0n) is 16.2. The van der Waals surface area contributed by atoms with Crippen LogP contribution in [-0.2, 0) is 19.4 Å².